The molecule has 2 N–H and O–H groups in total. The summed E-state index contributed by atoms with van der Waals surface area (Å²) in [6, 6.07) is 8.24. The number of carbonyl (C=O) groups excluding carboxylic acids is 3. The molecule has 18 nitrogen and oxygen atoms in total. The zero-order chi connectivity index (χ0) is 43.5. The Hall–Kier alpha value is -4.72. The van der Waals surface area contributed by atoms with E-state index in [1.165, 1.54) is 10.1 Å². The lowest BCUT2D eigenvalue weighted by Crippen LogP contribution is -2.53. The maximum absolute atomic E-state index is 13.0. The minimum atomic E-state index is -0.695. The maximum atomic E-state index is 13.0. The number of ether oxygens (including phenoxy) is 5. The zero-order valence-corrected chi connectivity index (χ0v) is 36.5. The second-order valence-corrected chi connectivity index (χ2v) is 17.1. The first-order valence-corrected chi connectivity index (χ1v) is 22.9. The monoisotopic (exact) mass is 873 g/mol. The van der Waals surface area contributed by atoms with E-state index in [0.29, 0.717) is 76.2 Å². The number of benzene rings is 1. The van der Waals surface area contributed by atoms with Gasteiger partial charge in [0, 0.05) is 77.7 Å². The van der Waals surface area contributed by atoms with Crippen LogP contribution in [0.25, 0.3) is 16.6 Å². The highest BCUT2D eigenvalue weighted by Gasteiger charge is 2.32. The smallest absolute Gasteiger partial charge is 0.329 e. The topological polar surface area (TPSA) is 185 Å². The maximum Gasteiger partial charge on any atom is 0.329 e. The minimum absolute atomic E-state index is 0.0299. The molecule has 6 heterocycles. The normalized spacial score (nSPS) is 21.7. The van der Waals surface area contributed by atoms with E-state index in [4.69, 9.17) is 23.7 Å². The lowest BCUT2D eigenvalue weighted by atomic mass is 9.89. The number of amides is 3. The van der Waals surface area contributed by atoms with E-state index >= 15 is 0 Å². The van der Waals surface area contributed by atoms with Crippen molar-refractivity contribution in [3.8, 4) is 0 Å². The number of anilines is 1. The highest BCUT2D eigenvalue weighted by atomic mass is 16.6. The molecule has 3 saturated heterocycles. The van der Waals surface area contributed by atoms with Crippen molar-refractivity contribution in [3.63, 3.8) is 0 Å². The molecule has 0 spiro atoms. The summed E-state index contributed by atoms with van der Waals surface area (Å²) in [4.78, 5) is 59.1. The number of hydrogen-bond donors (Lipinski definition) is 2. The predicted molar refractivity (Wildman–Crippen MR) is 234 cm³/mol. The summed E-state index contributed by atoms with van der Waals surface area (Å²) in [6.07, 6.45) is 12.3. The van der Waals surface area contributed by atoms with Gasteiger partial charge in [-0.2, -0.15) is 5.10 Å². The molecule has 8 rings (SSSR count). The van der Waals surface area contributed by atoms with Crippen LogP contribution in [-0.4, -0.2) is 156 Å². The van der Waals surface area contributed by atoms with Crippen molar-refractivity contribution in [2.24, 2.45) is 7.05 Å². The van der Waals surface area contributed by atoms with Crippen molar-refractivity contribution in [2.75, 3.05) is 97.6 Å². The molecule has 0 radical (unpaired) electrons. The third-order valence-electron chi connectivity index (χ3n) is 13.1. The van der Waals surface area contributed by atoms with Gasteiger partial charge in [0.15, 0.2) is 5.82 Å². The molecule has 3 amide bonds. The first-order chi connectivity index (χ1) is 30.8. The Labute approximate surface area is 367 Å². The number of hydrogen-bond acceptors (Lipinski definition) is 13. The molecule has 18 heteroatoms. The molecule has 342 valence electrons. The Bertz CT molecular complexity index is 2220. The van der Waals surface area contributed by atoms with E-state index in [-0.39, 0.29) is 30.5 Å². The van der Waals surface area contributed by atoms with Crippen LogP contribution in [0.15, 0.2) is 41.6 Å². The Morgan fingerprint density at radius 2 is 1.56 bits per heavy atom. The minimum Gasteiger partial charge on any atom is -0.381 e. The van der Waals surface area contributed by atoms with E-state index in [1.807, 2.05) is 33.8 Å². The number of aromatic nitrogens is 5. The summed E-state index contributed by atoms with van der Waals surface area (Å²) >= 11 is 0. The van der Waals surface area contributed by atoms with E-state index in [1.54, 1.807) is 17.9 Å². The molecular formula is C45H63N9O9. The molecule has 4 fully saturated rings. The molecular weight excluding hydrogens is 811 g/mol. The second-order valence-electron chi connectivity index (χ2n) is 17.1. The summed E-state index contributed by atoms with van der Waals surface area (Å²) in [5, 5.41) is 10.6. The van der Waals surface area contributed by atoms with Gasteiger partial charge in [-0.15, -0.1) is 0 Å². The number of rotatable bonds is 20. The van der Waals surface area contributed by atoms with Gasteiger partial charge in [0.1, 0.15) is 24.5 Å². The quantitative estimate of drug-likeness (QED) is 0.0978. The number of piperazine rings is 1. The number of nitrogens with zero attached hydrogens (tertiary/aromatic N) is 7. The van der Waals surface area contributed by atoms with Crippen LogP contribution in [0.4, 0.5) is 5.82 Å². The van der Waals surface area contributed by atoms with Crippen LogP contribution in [0.5, 0.6) is 0 Å². The molecule has 3 aliphatic heterocycles. The fraction of sp³-hybridized carbons (Fsp3) is 0.644. The Morgan fingerprint density at radius 3 is 2.29 bits per heavy atom. The average molecular weight is 874 g/mol. The Balaban J connectivity index is 0.626. The van der Waals surface area contributed by atoms with E-state index < -0.39 is 11.9 Å². The standard InChI is InChI=1S/C45H63N9O9/c1-50-39-29-32(4-9-37(39)54(45(50)58)38-10-11-40(55)49-44(38)57)3-2-20-59-23-24-61-25-26-62-27-28-63-30-41(56)52-18-16-51(17-19-52)35-7-5-34(6-8-35)48-43-42-36(33-13-21-60-22-14-33)12-15-53(42)47-31-46-43/h4,9,12,15,29,31,33-35,38H,2-3,5-8,10-11,13-14,16-28,30H2,1H3,(H,46,47,48)(H,49,55,57)/t34-,35-,38?. The largest absolute Gasteiger partial charge is 0.381 e. The van der Waals surface area contributed by atoms with Crippen LogP contribution in [0.2, 0.25) is 0 Å². The third kappa shape index (κ3) is 11.2. The van der Waals surface area contributed by atoms with Crippen LogP contribution in [-0.2, 0) is 51.5 Å². The second kappa shape index (κ2) is 21.8. The van der Waals surface area contributed by atoms with Crippen molar-refractivity contribution in [1.29, 1.82) is 0 Å². The number of nitrogens with one attached hydrogen (secondary N) is 2. The van der Waals surface area contributed by atoms with Crippen molar-refractivity contribution in [1.82, 2.24) is 38.8 Å². The summed E-state index contributed by atoms with van der Waals surface area (Å²) in [6.45, 7) is 8.03. The molecule has 0 bridgehead atoms. The van der Waals surface area contributed by atoms with Gasteiger partial charge < -0.3 is 33.9 Å². The molecule has 63 heavy (non-hydrogen) atoms. The molecule has 1 aliphatic carbocycles. The zero-order valence-electron chi connectivity index (χ0n) is 36.5. The fourth-order valence-corrected chi connectivity index (χ4v) is 9.62. The Kier molecular flexibility index (Phi) is 15.5. The molecule has 1 unspecified atom stereocenters. The summed E-state index contributed by atoms with van der Waals surface area (Å²) in [5.41, 5.74) is 4.65. The van der Waals surface area contributed by atoms with Crippen LogP contribution < -0.4 is 16.3 Å². The highest BCUT2D eigenvalue weighted by molar-refractivity contribution is 6.00. The first kappa shape index (κ1) is 44.9. The SMILES string of the molecule is Cn1c(=O)n(C2CCC(=O)NC2=O)c2ccc(CCCOCCOCCOCCOCC(=O)N3CCN([C@H]4CC[C@H](Nc5ncnn6ccc(C7CCOCC7)c56)CC4)CC3)cc21. The predicted octanol–water partition coefficient (Wildman–Crippen LogP) is 2.82. The molecule has 1 saturated carbocycles. The molecule has 4 aromatic rings. The number of imidazole rings is 1. The summed E-state index contributed by atoms with van der Waals surface area (Å²) in [7, 11) is 1.70. The molecule has 4 aliphatic rings. The van der Waals surface area contributed by atoms with Gasteiger partial charge >= 0.3 is 5.69 Å². The third-order valence-corrected chi connectivity index (χ3v) is 13.1. The Morgan fingerprint density at radius 1 is 0.841 bits per heavy atom. The lowest BCUT2D eigenvalue weighted by molar-refractivity contribution is -0.139. The van der Waals surface area contributed by atoms with Gasteiger partial charge in [-0.1, -0.05) is 6.07 Å². The van der Waals surface area contributed by atoms with Crippen molar-refractivity contribution >= 4 is 40.1 Å². The van der Waals surface area contributed by atoms with Crippen molar-refractivity contribution in [3.05, 3.63) is 58.4 Å². The van der Waals surface area contributed by atoms with Gasteiger partial charge in [0.2, 0.25) is 17.7 Å². The van der Waals surface area contributed by atoms with Crippen LogP contribution in [0, 0.1) is 0 Å². The number of fused-ring (bicyclic) bond motifs is 2. The van der Waals surface area contributed by atoms with E-state index in [2.05, 4.69) is 31.7 Å². The van der Waals surface area contributed by atoms with Gasteiger partial charge in [0.05, 0.1) is 50.7 Å². The number of carbonyl (C=O) groups is 3. The fourth-order valence-electron chi connectivity index (χ4n) is 9.62. The molecule has 1 atom stereocenters. The first-order valence-electron chi connectivity index (χ1n) is 22.9. The van der Waals surface area contributed by atoms with Crippen LogP contribution >= 0.6 is 0 Å². The van der Waals surface area contributed by atoms with Crippen molar-refractivity contribution < 1.29 is 38.1 Å². The van der Waals surface area contributed by atoms with E-state index in [0.717, 1.165) is 113 Å². The van der Waals surface area contributed by atoms with Gasteiger partial charge in [-0.3, -0.25) is 33.7 Å². The van der Waals surface area contributed by atoms with E-state index in [9.17, 15) is 19.2 Å². The molecule has 3 aromatic heterocycles. The number of piperidine rings is 1. The van der Waals surface area contributed by atoms with Gasteiger partial charge in [0.25, 0.3) is 0 Å². The van der Waals surface area contributed by atoms with Crippen molar-refractivity contribution in [2.45, 2.75) is 88.3 Å². The van der Waals surface area contributed by atoms with Crippen LogP contribution in [0.3, 0.4) is 0 Å². The summed E-state index contributed by atoms with van der Waals surface area (Å²) < 4.78 is 33.2. The van der Waals surface area contributed by atoms with Crippen LogP contribution in [0.1, 0.15) is 80.9 Å². The number of imide groups is 1. The summed E-state index contributed by atoms with van der Waals surface area (Å²) in [5.74, 6) is 0.698. The molecule has 1 aromatic carbocycles. The average Bonchev–Trinajstić information content (AvgIpc) is 3.85. The lowest BCUT2D eigenvalue weighted by Gasteiger charge is -2.42. The highest BCUT2D eigenvalue weighted by Crippen LogP contribution is 2.34. The van der Waals surface area contributed by atoms with Gasteiger partial charge in [-0.25, -0.2) is 14.3 Å². The van der Waals surface area contributed by atoms with Gasteiger partial charge in [-0.05, 0) is 93.0 Å². The number of aryl methyl sites for hydroxylation is 2.